The van der Waals surface area contributed by atoms with Crippen LogP contribution in [-0.2, 0) is 0 Å². The van der Waals surface area contributed by atoms with Gasteiger partial charge in [0.05, 0.1) is 0 Å². The molecule has 2 aromatic rings. The molecule has 0 aliphatic carbocycles. The van der Waals surface area contributed by atoms with E-state index in [1.54, 1.807) is 0 Å². The standard InChI is InChI=1S/C11H10N2.2Np/c1-2-6-10(5-1)12-9-13-11-7-3-4-8-11;;/h1-8H,9H2;;/q-4;;. The fourth-order valence-corrected chi connectivity index (χ4v) is 1.14. The van der Waals surface area contributed by atoms with E-state index in [9.17, 15) is 0 Å². The predicted molar refractivity (Wildman–Crippen MR) is 55.0 cm³/mol. The second-order valence-electron chi connectivity index (χ2n) is 2.74. The zero-order chi connectivity index (χ0) is 8.93. The molecule has 4 heteroatoms. The number of nitrogens with zero attached hydrogens (tertiary/aromatic N) is 2. The Morgan fingerprint density at radius 3 is 1.67 bits per heavy atom. The van der Waals surface area contributed by atoms with Crippen LogP contribution in [0, 0.1) is 59.9 Å². The van der Waals surface area contributed by atoms with Crippen LogP contribution in [0.15, 0.2) is 48.5 Å². The molecular weight excluding hydrogens is 634 g/mol. The van der Waals surface area contributed by atoms with Gasteiger partial charge >= 0.3 is 0 Å². The van der Waals surface area contributed by atoms with Crippen molar-refractivity contribution < 1.29 is 59.9 Å². The summed E-state index contributed by atoms with van der Waals surface area (Å²) in [4.78, 5) is 0. The van der Waals surface area contributed by atoms with E-state index < -0.39 is 0 Å². The summed E-state index contributed by atoms with van der Waals surface area (Å²) >= 11 is 0. The molecule has 0 saturated heterocycles. The number of rotatable bonds is 4. The van der Waals surface area contributed by atoms with Gasteiger partial charge in [-0.2, -0.15) is 24.3 Å². The maximum absolute atomic E-state index is 4.27. The molecule has 78 valence electrons. The van der Waals surface area contributed by atoms with Crippen LogP contribution in [-0.4, -0.2) is 6.67 Å². The Balaban J connectivity index is 0.000000980. The van der Waals surface area contributed by atoms with Crippen LogP contribution in [0.1, 0.15) is 0 Å². The van der Waals surface area contributed by atoms with Gasteiger partial charge in [0.1, 0.15) is 0 Å². The maximum atomic E-state index is 4.27. The van der Waals surface area contributed by atoms with Crippen molar-refractivity contribution in [2.75, 3.05) is 6.67 Å². The van der Waals surface area contributed by atoms with E-state index in [4.69, 9.17) is 0 Å². The van der Waals surface area contributed by atoms with Crippen molar-refractivity contribution >= 4 is 11.4 Å². The van der Waals surface area contributed by atoms with E-state index in [1.165, 1.54) is 0 Å². The first kappa shape index (κ1) is 15.3. The molecule has 0 atom stereocenters. The van der Waals surface area contributed by atoms with Crippen LogP contribution >= 0.6 is 0 Å². The predicted octanol–water partition coefficient (Wildman–Crippen LogP) is 3.79. The summed E-state index contributed by atoms with van der Waals surface area (Å²) in [6.45, 7) is 0.508. The fraction of sp³-hybridized carbons (Fsp3) is 0.0909. The van der Waals surface area contributed by atoms with Crippen LogP contribution < -0.4 is 0 Å². The fourth-order valence-electron chi connectivity index (χ4n) is 1.14. The van der Waals surface area contributed by atoms with Gasteiger partial charge < -0.3 is 10.6 Å². The van der Waals surface area contributed by atoms with Gasteiger partial charge in [-0.15, -0.1) is 0 Å². The summed E-state index contributed by atoms with van der Waals surface area (Å²) in [7, 11) is 0. The van der Waals surface area contributed by atoms with Crippen molar-refractivity contribution in [1.82, 2.24) is 0 Å². The van der Waals surface area contributed by atoms with Crippen molar-refractivity contribution in [3.63, 3.8) is 0 Å². The Bertz CT molecular complexity index is 293. The molecule has 2 aromatic carbocycles. The summed E-state index contributed by atoms with van der Waals surface area (Å²) in [6.07, 6.45) is 0. The molecule has 0 N–H and O–H groups in total. The molecule has 0 spiro atoms. The Hall–Kier alpha value is 0.326. The first-order valence-corrected chi connectivity index (χ1v) is 4.23. The van der Waals surface area contributed by atoms with Crippen LogP contribution in [0.5, 0.6) is 0 Å². The van der Waals surface area contributed by atoms with E-state index in [0.717, 1.165) is 11.4 Å². The number of hydrogen-bond donors (Lipinski definition) is 0. The third kappa shape index (κ3) is 5.27. The third-order valence-corrected chi connectivity index (χ3v) is 1.80. The Labute approximate surface area is 135 Å². The molecule has 0 aliphatic heterocycles. The summed E-state index contributed by atoms with van der Waals surface area (Å²) in [5.74, 6) is 0. The molecular formula is C11H10N2Np2-4. The molecule has 15 heavy (non-hydrogen) atoms. The minimum absolute atomic E-state index is 0. The molecule has 0 amide bonds. The van der Waals surface area contributed by atoms with Crippen LogP contribution in [0.2, 0.25) is 0 Å². The monoisotopic (exact) mass is 642 g/mol. The van der Waals surface area contributed by atoms with Gasteiger partial charge in [-0.05, 0) is 0 Å². The molecule has 2 rings (SSSR count). The van der Waals surface area contributed by atoms with Crippen molar-refractivity contribution in [3.05, 3.63) is 59.2 Å². The molecule has 0 bridgehead atoms. The van der Waals surface area contributed by atoms with Crippen LogP contribution in [0.25, 0.3) is 10.6 Å². The first-order chi connectivity index (χ1) is 6.45. The molecule has 0 heterocycles. The smallest absolute Gasteiger partial charge is 0 e. The molecule has 0 aliphatic rings. The average molecular weight is 644 g/mol. The van der Waals surface area contributed by atoms with Gasteiger partial charge in [0.15, 0.2) is 0 Å². The van der Waals surface area contributed by atoms with Gasteiger partial charge in [0.25, 0.3) is 0 Å². The van der Waals surface area contributed by atoms with E-state index in [-0.39, 0.29) is 59.9 Å². The topological polar surface area (TPSA) is 28.2 Å². The molecule has 0 unspecified atom stereocenters. The second-order valence-corrected chi connectivity index (χ2v) is 2.74. The third-order valence-electron chi connectivity index (χ3n) is 1.80. The summed E-state index contributed by atoms with van der Waals surface area (Å²) in [5.41, 5.74) is 1.99. The summed E-state index contributed by atoms with van der Waals surface area (Å²) < 4.78 is 0. The molecule has 0 aromatic heterocycles. The maximum Gasteiger partial charge on any atom is 0 e. The molecule has 0 saturated carbocycles. The van der Waals surface area contributed by atoms with Gasteiger partial charge in [-0.1, -0.05) is 0 Å². The quantitative estimate of drug-likeness (QED) is 0.454. The van der Waals surface area contributed by atoms with E-state index in [2.05, 4.69) is 10.6 Å². The van der Waals surface area contributed by atoms with Crippen molar-refractivity contribution in [2.24, 2.45) is 0 Å². The average Bonchev–Trinajstić information content (AvgIpc) is 2.75. The van der Waals surface area contributed by atoms with E-state index >= 15 is 0 Å². The minimum atomic E-state index is 0. The van der Waals surface area contributed by atoms with E-state index in [1.807, 2.05) is 48.5 Å². The SMILES string of the molecule is [Np].[Np].c1c[cH-]c([N-]C[N-]c2ccc[cH-]2)c1. The Kier molecular flexibility index (Phi) is 8.66. The Morgan fingerprint density at radius 2 is 1.33 bits per heavy atom. The van der Waals surface area contributed by atoms with Crippen molar-refractivity contribution in [1.29, 1.82) is 0 Å². The minimum Gasteiger partial charge on any atom is -0.721 e. The first-order valence-electron chi connectivity index (χ1n) is 4.23. The van der Waals surface area contributed by atoms with Crippen molar-refractivity contribution in [2.45, 2.75) is 0 Å². The van der Waals surface area contributed by atoms with Crippen LogP contribution in [0.4, 0.5) is 11.4 Å². The zero-order valence-electron chi connectivity index (χ0n) is 8.11. The normalized spacial score (nSPS) is 8.53. The second kappa shape index (κ2) is 8.47. The van der Waals surface area contributed by atoms with E-state index in [0.29, 0.717) is 6.67 Å². The van der Waals surface area contributed by atoms with Gasteiger partial charge in [0, 0.05) is 59.9 Å². The van der Waals surface area contributed by atoms with Gasteiger partial charge in [-0.25, -0.2) is 30.9 Å². The Morgan fingerprint density at radius 1 is 0.867 bits per heavy atom. The number of hydrogen-bond acceptors (Lipinski definition) is 0. The summed E-state index contributed by atoms with van der Waals surface area (Å²) in [6, 6.07) is 15.8. The largest absolute Gasteiger partial charge is 0.721 e. The molecule has 2 nitrogen and oxygen atoms in total. The van der Waals surface area contributed by atoms with Gasteiger partial charge in [0.2, 0.25) is 0 Å². The molecule has 2 radical (unpaired) electrons. The summed E-state index contributed by atoms with van der Waals surface area (Å²) in [5, 5.41) is 8.55. The zero-order valence-corrected chi connectivity index (χ0v) is 15.6. The van der Waals surface area contributed by atoms with Crippen molar-refractivity contribution in [3.8, 4) is 0 Å². The van der Waals surface area contributed by atoms with Crippen LogP contribution in [0.3, 0.4) is 0 Å². The van der Waals surface area contributed by atoms with Gasteiger partial charge in [-0.3, -0.25) is 11.4 Å². The molecule has 0 fully saturated rings.